The summed E-state index contributed by atoms with van der Waals surface area (Å²) in [6.07, 6.45) is 1.08. The van der Waals surface area contributed by atoms with E-state index < -0.39 is 11.4 Å². The van der Waals surface area contributed by atoms with Crippen molar-refractivity contribution in [3.05, 3.63) is 41.0 Å². The van der Waals surface area contributed by atoms with Crippen molar-refractivity contribution in [1.29, 1.82) is 0 Å². The third-order valence-electron chi connectivity index (χ3n) is 4.70. The summed E-state index contributed by atoms with van der Waals surface area (Å²) >= 11 is 6.17. The molecule has 1 aromatic carbocycles. The molecule has 2 aromatic rings. The lowest BCUT2D eigenvalue weighted by Crippen LogP contribution is -2.52. The number of ether oxygens (including phenoxy) is 1. The van der Waals surface area contributed by atoms with Gasteiger partial charge in [0.2, 0.25) is 0 Å². The standard InChI is InChI=1S/C18H20ClN3O4/c1-26-11-18(17(24)25)7-4-8-22(10-18)16(23)15-9-14(20-21-15)12-5-2-3-6-13(12)19/h2-3,5-6,9H,4,7-8,10-11H2,1H3,(H,20,21)(H,24,25). The highest BCUT2D eigenvalue weighted by atomic mass is 35.5. The van der Waals surface area contributed by atoms with E-state index in [1.54, 1.807) is 17.0 Å². The van der Waals surface area contributed by atoms with Crippen LogP contribution in [0.5, 0.6) is 0 Å². The molecule has 8 heteroatoms. The van der Waals surface area contributed by atoms with Gasteiger partial charge in [-0.15, -0.1) is 0 Å². The average molecular weight is 378 g/mol. The molecular formula is C18H20ClN3O4. The van der Waals surface area contributed by atoms with E-state index >= 15 is 0 Å². The molecule has 1 fully saturated rings. The van der Waals surface area contributed by atoms with Gasteiger partial charge >= 0.3 is 5.97 Å². The van der Waals surface area contributed by atoms with Crippen molar-refractivity contribution in [2.75, 3.05) is 26.8 Å². The van der Waals surface area contributed by atoms with Crippen molar-refractivity contribution in [2.24, 2.45) is 5.41 Å². The van der Waals surface area contributed by atoms with Crippen LogP contribution < -0.4 is 0 Å². The Kier molecular flexibility index (Phi) is 5.29. The molecule has 7 nitrogen and oxygen atoms in total. The van der Waals surface area contributed by atoms with Gasteiger partial charge in [-0.25, -0.2) is 0 Å². The second-order valence-electron chi connectivity index (χ2n) is 6.50. The topological polar surface area (TPSA) is 95.5 Å². The van der Waals surface area contributed by atoms with Crippen LogP contribution in [0.2, 0.25) is 5.02 Å². The van der Waals surface area contributed by atoms with E-state index in [4.69, 9.17) is 16.3 Å². The van der Waals surface area contributed by atoms with Gasteiger partial charge in [-0.2, -0.15) is 5.10 Å². The van der Waals surface area contributed by atoms with Crippen molar-refractivity contribution < 1.29 is 19.4 Å². The number of halogens is 1. The molecule has 0 radical (unpaired) electrons. The number of aliphatic carboxylic acids is 1. The minimum Gasteiger partial charge on any atom is -0.481 e. The second kappa shape index (κ2) is 7.47. The maximum atomic E-state index is 12.8. The highest BCUT2D eigenvalue weighted by Crippen LogP contribution is 2.32. The van der Waals surface area contributed by atoms with Crippen LogP contribution in [-0.2, 0) is 9.53 Å². The van der Waals surface area contributed by atoms with Crippen molar-refractivity contribution in [3.8, 4) is 11.3 Å². The van der Waals surface area contributed by atoms with Gasteiger partial charge in [-0.05, 0) is 25.0 Å². The summed E-state index contributed by atoms with van der Waals surface area (Å²) in [7, 11) is 1.47. The van der Waals surface area contributed by atoms with Crippen LogP contribution in [0.1, 0.15) is 23.3 Å². The molecular weight excluding hydrogens is 358 g/mol. The normalized spacial score (nSPS) is 20.2. The number of hydrogen-bond acceptors (Lipinski definition) is 4. The fraction of sp³-hybridized carbons (Fsp3) is 0.389. The molecule has 0 saturated carbocycles. The molecule has 0 bridgehead atoms. The Morgan fingerprint density at radius 2 is 2.19 bits per heavy atom. The van der Waals surface area contributed by atoms with E-state index in [9.17, 15) is 14.7 Å². The molecule has 3 rings (SSSR count). The van der Waals surface area contributed by atoms with Crippen LogP contribution in [0.4, 0.5) is 0 Å². The summed E-state index contributed by atoms with van der Waals surface area (Å²) in [6, 6.07) is 8.87. The molecule has 1 aromatic heterocycles. The highest BCUT2D eigenvalue weighted by Gasteiger charge is 2.44. The lowest BCUT2D eigenvalue weighted by atomic mass is 9.80. The summed E-state index contributed by atoms with van der Waals surface area (Å²) in [5.74, 6) is -1.23. The Morgan fingerprint density at radius 3 is 2.88 bits per heavy atom. The Balaban J connectivity index is 1.81. The molecule has 2 heterocycles. The van der Waals surface area contributed by atoms with E-state index in [0.29, 0.717) is 35.8 Å². The number of H-pyrrole nitrogens is 1. The predicted molar refractivity (Wildman–Crippen MR) is 96.1 cm³/mol. The zero-order valence-electron chi connectivity index (χ0n) is 14.4. The van der Waals surface area contributed by atoms with Crippen molar-refractivity contribution in [2.45, 2.75) is 12.8 Å². The number of nitrogens with zero attached hydrogens (tertiary/aromatic N) is 2. The number of benzene rings is 1. The Labute approximate surface area is 155 Å². The summed E-state index contributed by atoms with van der Waals surface area (Å²) < 4.78 is 5.10. The van der Waals surface area contributed by atoms with Gasteiger partial charge in [0.25, 0.3) is 5.91 Å². The Morgan fingerprint density at radius 1 is 1.42 bits per heavy atom. The van der Waals surface area contributed by atoms with E-state index in [-0.39, 0.29) is 19.1 Å². The number of likely N-dealkylation sites (tertiary alicyclic amines) is 1. The van der Waals surface area contributed by atoms with Gasteiger partial charge in [0, 0.05) is 25.8 Å². The van der Waals surface area contributed by atoms with Gasteiger partial charge in [-0.1, -0.05) is 29.8 Å². The minimum atomic E-state index is -1.08. The molecule has 2 N–H and O–H groups in total. The lowest BCUT2D eigenvalue weighted by molar-refractivity contribution is -0.155. The second-order valence-corrected chi connectivity index (χ2v) is 6.90. The summed E-state index contributed by atoms with van der Waals surface area (Å²) in [5, 5.41) is 17.1. The van der Waals surface area contributed by atoms with E-state index in [2.05, 4.69) is 10.2 Å². The molecule has 1 atom stereocenters. The van der Waals surface area contributed by atoms with Crippen LogP contribution in [0, 0.1) is 5.41 Å². The molecule has 1 unspecified atom stereocenters. The fourth-order valence-electron chi connectivity index (χ4n) is 3.34. The largest absolute Gasteiger partial charge is 0.481 e. The van der Waals surface area contributed by atoms with Crippen molar-refractivity contribution >= 4 is 23.5 Å². The van der Waals surface area contributed by atoms with Crippen molar-refractivity contribution in [1.82, 2.24) is 15.1 Å². The van der Waals surface area contributed by atoms with Gasteiger partial charge < -0.3 is 14.7 Å². The van der Waals surface area contributed by atoms with Crippen LogP contribution in [0.15, 0.2) is 30.3 Å². The number of carboxylic acids is 1. The highest BCUT2D eigenvalue weighted by molar-refractivity contribution is 6.33. The number of hydrogen-bond donors (Lipinski definition) is 2. The number of carboxylic acid groups (broad SMARTS) is 1. The molecule has 1 amide bonds. The average Bonchev–Trinajstić information content (AvgIpc) is 3.11. The lowest BCUT2D eigenvalue weighted by Gasteiger charge is -2.39. The van der Waals surface area contributed by atoms with Crippen LogP contribution in [-0.4, -0.2) is 58.9 Å². The monoisotopic (exact) mass is 377 g/mol. The summed E-state index contributed by atoms with van der Waals surface area (Å²) in [6.45, 7) is 0.674. The quantitative estimate of drug-likeness (QED) is 0.835. The molecule has 1 saturated heterocycles. The molecule has 0 spiro atoms. The number of aromatic nitrogens is 2. The third-order valence-corrected chi connectivity index (χ3v) is 5.03. The number of rotatable bonds is 5. The van der Waals surface area contributed by atoms with Gasteiger partial charge in [0.15, 0.2) is 0 Å². The maximum Gasteiger partial charge on any atom is 0.313 e. The fourth-order valence-corrected chi connectivity index (χ4v) is 3.58. The van der Waals surface area contributed by atoms with E-state index in [1.807, 2.05) is 18.2 Å². The Bertz CT molecular complexity index is 818. The van der Waals surface area contributed by atoms with E-state index in [0.717, 1.165) is 5.56 Å². The van der Waals surface area contributed by atoms with Gasteiger partial charge in [0.05, 0.1) is 17.3 Å². The zero-order chi connectivity index (χ0) is 18.7. The summed E-state index contributed by atoms with van der Waals surface area (Å²) in [5.41, 5.74) is 0.520. The maximum absolute atomic E-state index is 12.8. The first-order valence-electron chi connectivity index (χ1n) is 8.29. The van der Waals surface area contributed by atoms with Crippen LogP contribution >= 0.6 is 11.6 Å². The number of carbonyl (C=O) groups is 2. The number of amides is 1. The van der Waals surface area contributed by atoms with Gasteiger partial charge in [0.1, 0.15) is 11.1 Å². The summed E-state index contributed by atoms with van der Waals surface area (Å²) in [4.78, 5) is 26.1. The first kappa shape index (κ1) is 18.4. The molecule has 0 aliphatic carbocycles. The van der Waals surface area contributed by atoms with E-state index in [1.165, 1.54) is 7.11 Å². The SMILES string of the molecule is COCC1(C(=O)O)CCCN(C(=O)c2cc(-c3ccccc3Cl)n[nH]2)C1. The van der Waals surface area contributed by atoms with Crippen molar-refractivity contribution in [3.63, 3.8) is 0 Å². The number of carbonyl (C=O) groups excluding carboxylic acids is 1. The smallest absolute Gasteiger partial charge is 0.313 e. The van der Waals surface area contributed by atoms with Crippen LogP contribution in [0.25, 0.3) is 11.3 Å². The van der Waals surface area contributed by atoms with Crippen LogP contribution in [0.3, 0.4) is 0 Å². The Hall–Kier alpha value is -2.38. The number of aromatic amines is 1. The predicted octanol–water partition coefficient (Wildman–Crippen LogP) is 2.68. The molecule has 26 heavy (non-hydrogen) atoms. The number of nitrogens with one attached hydrogen (secondary N) is 1. The number of piperidine rings is 1. The molecule has 138 valence electrons. The first-order chi connectivity index (χ1) is 12.5. The first-order valence-corrected chi connectivity index (χ1v) is 8.66. The number of methoxy groups -OCH3 is 1. The molecule has 1 aliphatic rings. The zero-order valence-corrected chi connectivity index (χ0v) is 15.1. The molecule has 1 aliphatic heterocycles. The van der Waals surface area contributed by atoms with Gasteiger partial charge in [-0.3, -0.25) is 14.7 Å². The minimum absolute atomic E-state index is 0.0694. The third kappa shape index (κ3) is 3.45.